The van der Waals surface area contributed by atoms with Gasteiger partial charge < -0.3 is 9.15 Å². The number of aromatic nitrogens is 1. The number of benzene rings is 1. The average molecular weight is 285 g/mol. The molecule has 110 valence electrons. The van der Waals surface area contributed by atoms with Gasteiger partial charge in [-0.05, 0) is 55.2 Å². The Morgan fingerprint density at radius 3 is 3.14 bits per heavy atom. The minimum Gasteiger partial charge on any atom is -0.451 e. The third-order valence-corrected chi connectivity index (χ3v) is 4.07. The molecule has 1 heterocycles. The van der Waals surface area contributed by atoms with Crippen LogP contribution in [-0.2, 0) is 17.6 Å². The van der Waals surface area contributed by atoms with Crippen LogP contribution in [0.5, 0.6) is 5.75 Å². The van der Waals surface area contributed by atoms with E-state index < -0.39 is 0 Å². The van der Waals surface area contributed by atoms with E-state index in [1.54, 1.807) is 6.26 Å². The molecule has 4 nitrogen and oxygen atoms in total. The van der Waals surface area contributed by atoms with Gasteiger partial charge in [-0.15, -0.1) is 0 Å². The molecule has 0 N–H and O–H groups in total. The van der Waals surface area contributed by atoms with E-state index in [0.29, 0.717) is 5.92 Å². The molecule has 0 amide bonds. The predicted octanol–water partition coefficient (Wildman–Crippen LogP) is 3.65. The summed E-state index contributed by atoms with van der Waals surface area (Å²) >= 11 is 0. The second kappa shape index (κ2) is 6.12. The van der Waals surface area contributed by atoms with E-state index in [4.69, 9.17) is 9.15 Å². The SMILES string of the molecule is CC(=O)Oc1cccc2c1CCCC2CCc1cocn1. The van der Waals surface area contributed by atoms with Gasteiger partial charge in [-0.25, -0.2) is 4.98 Å². The second-order valence-corrected chi connectivity index (χ2v) is 5.53. The summed E-state index contributed by atoms with van der Waals surface area (Å²) in [5, 5.41) is 0. The molecule has 0 aliphatic heterocycles. The first-order chi connectivity index (χ1) is 10.2. The molecule has 1 aromatic carbocycles. The number of nitrogens with zero attached hydrogens (tertiary/aromatic N) is 1. The van der Waals surface area contributed by atoms with Crippen LogP contribution < -0.4 is 4.74 Å². The van der Waals surface area contributed by atoms with Crippen LogP contribution in [0, 0.1) is 0 Å². The summed E-state index contributed by atoms with van der Waals surface area (Å²) in [5.74, 6) is 0.972. The third kappa shape index (κ3) is 3.15. The van der Waals surface area contributed by atoms with Crippen molar-refractivity contribution in [2.45, 2.75) is 44.9 Å². The fourth-order valence-electron chi connectivity index (χ4n) is 3.15. The van der Waals surface area contributed by atoms with Crippen LogP contribution in [0.1, 0.15) is 48.9 Å². The van der Waals surface area contributed by atoms with Gasteiger partial charge in [-0.3, -0.25) is 4.79 Å². The number of aryl methyl sites for hydroxylation is 1. The zero-order chi connectivity index (χ0) is 14.7. The maximum atomic E-state index is 11.2. The van der Waals surface area contributed by atoms with Crippen LogP contribution in [-0.4, -0.2) is 11.0 Å². The van der Waals surface area contributed by atoms with Gasteiger partial charge in [0.25, 0.3) is 0 Å². The van der Waals surface area contributed by atoms with Gasteiger partial charge in [-0.1, -0.05) is 12.1 Å². The Balaban J connectivity index is 1.79. The summed E-state index contributed by atoms with van der Waals surface area (Å²) in [5.41, 5.74) is 3.52. The Morgan fingerprint density at radius 2 is 2.38 bits per heavy atom. The average Bonchev–Trinajstić information content (AvgIpc) is 2.98. The lowest BCUT2D eigenvalue weighted by Gasteiger charge is -2.26. The van der Waals surface area contributed by atoms with Crippen molar-refractivity contribution in [1.29, 1.82) is 0 Å². The highest BCUT2D eigenvalue weighted by atomic mass is 16.5. The van der Waals surface area contributed by atoms with Crippen molar-refractivity contribution in [2.75, 3.05) is 0 Å². The Hall–Kier alpha value is -2.10. The maximum absolute atomic E-state index is 11.2. The maximum Gasteiger partial charge on any atom is 0.308 e. The largest absolute Gasteiger partial charge is 0.451 e. The molecule has 0 saturated heterocycles. The number of carbonyl (C=O) groups is 1. The van der Waals surface area contributed by atoms with E-state index in [0.717, 1.165) is 37.1 Å². The van der Waals surface area contributed by atoms with Crippen molar-refractivity contribution in [3.8, 4) is 5.75 Å². The van der Waals surface area contributed by atoms with Crippen LogP contribution in [0.25, 0.3) is 0 Å². The number of carbonyl (C=O) groups excluding carboxylic acids is 1. The van der Waals surface area contributed by atoms with Crippen molar-refractivity contribution >= 4 is 5.97 Å². The van der Waals surface area contributed by atoms with Crippen LogP contribution in [0.15, 0.2) is 35.3 Å². The van der Waals surface area contributed by atoms with Crippen LogP contribution in [0.3, 0.4) is 0 Å². The van der Waals surface area contributed by atoms with Gasteiger partial charge in [0.2, 0.25) is 0 Å². The van der Waals surface area contributed by atoms with Crippen molar-refractivity contribution < 1.29 is 13.9 Å². The van der Waals surface area contributed by atoms with Gasteiger partial charge in [0, 0.05) is 6.92 Å². The fourth-order valence-corrected chi connectivity index (χ4v) is 3.15. The number of oxazole rings is 1. The molecule has 21 heavy (non-hydrogen) atoms. The molecule has 1 aromatic heterocycles. The van der Waals surface area contributed by atoms with E-state index in [2.05, 4.69) is 11.1 Å². The summed E-state index contributed by atoms with van der Waals surface area (Å²) in [7, 11) is 0. The number of hydrogen-bond acceptors (Lipinski definition) is 4. The molecule has 1 aliphatic carbocycles. The number of hydrogen-bond donors (Lipinski definition) is 0. The zero-order valence-corrected chi connectivity index (χ0v) is 12.2. The summed E-state index contributed by atoms with van der Waals surface area (Å²) in [6, 6.07) is 6.03. The molecule has 4 heteroatoms. The highest BCUT2D eigenvalue weighted by molar-refractivity contribution is 5.70. The third-order valence-electron chi connectivity index (χ3n) is 4.07. The van der Waals surface area contributed by atoms with Crippen molar-refractivity contribution in [2.24, 2.45) is 0 Å². The van der Waals surface area contributed by atoms with Gasteiger partial charge in [0.15, 0.2) is 6.39 Å². The standard InChI is InChI=1S/C17H19NO3/c1-12(19)21-17-7-3-5-15-13(4-2-6-16(15)17)8-9-14-10-20-11-18-14/h3,5,7,10-11,13H,2,4,6,8-9H2,1H3. The number of ether oxygens (including phenoxy) is 1. The van der Waals surface area contributed by atoms with Gasteiger partial charge in [0.1, 0.15) is 12.0 Å². The van der Waals surface area contributed by atoms with Gasteiger partial charge in [0.05, 0.1) is 5.69 Å². The van der Waals surface area contributed by atoms with Crippen molar-refractivity contribution in [1.82, 2.24) is 4.98 Å². The van der Waals surface area contributed by atoms with Gasteiger partial charge >= 0.3 is 5.97 Å². The first-order valence-electron chi connectivity index (χ1n) is 7.41. The monoisotopic (exact) mass is 285 g/mol. The molecule has 0 fully saturated rings. The Bertz CT molecular complexity index is 619. The smallest absolute Gasteiger partial charge is 0.308 e. The van der Waals surface area contributed by atoms with Crippen LogP contribution in [0.2, 0.25) is 0 Å². The van der Waals surface area contributed by atoms with E-state index in [-0.39, 0.29) is 5.97 Å². The zero-order valence-electron chi connectivity index (χ0n) is 12.2. The quantitative estimate of drug-likeness (QED) is 0.635. The van der Waals surface area contributed by atoms with E-state index in [1.807, 2.05) is 12.1 Å². The molecule has 1 aliphatic rings. The highest BCUT2D eigenvalue weighted by Crippen LogP contribution is 2.38. The molecule has 0 saturated carbocycles. The first-order valence-corrected chi connectivity index (χ1v) is 7.41. The summed E-state index contributed by atoms with van der Waals surface area (Å²) < 4.78 is 10.4. The van der Waals surface area contributed by atoms with Crippen LogP contribution >= 0.6 is 0 Å². The summed E-state index contributed by atoms with van der Waals surface area (Å²) in [6.07, 6.45) is 8.44. The molecule has 0 spiro atoms. The topological polar surface area (TPSA) is 52.3 Å². The second-order valence-electron chi connectivity index (χ2n) is 5.53. The number of esters is 1. The minimum absolute atomic E-state index is 0.256. The molecule has 2 aromatic rings. The van der Waals surface area contributed by atoms with Gasteiger partial charge in [-0.2, -0.15) is 0 Å². The molecule has 0 bridgehead atoms. The minimum atomic E-state index is -0.256. The summed E-state index contributed by atoms with van der Waals surface area (Å²) in [6.45, 7) is 1.45. The number of fused-ring (bicyclic) bond motifs is 1. The lowest BCUT2D eigenvalue weighted by atomic mass is 9.80. The van der Waals surface area contributed by atoms with E-state index in [9.17, 15) is 4.79 Å². The molecule has 3 rings (SSSR count). The Labute approximate surface area is 124 Å². The normalized spacial score (nSPS) is 17.3. The fraction of sp³-hybridized carbons (Fsp3) is 0.412. The Kier molecular flexibility index (Phi) is 4.04. The predicted molar refractivity (Wildman–Crippen MR) is 78.3 cm³/mol. The Morgan fingerprint density at radius 1 is 1.48 bits per heavy atom. The number of rotatable bonds is 4. The lowest BCUT2D eigenvalue weighted by molar-refractivity contribution is -0.131. The lowest BCUT2D eigenvalue weighted by Crippen LogP contribution is -2.13. The molecular formula is C17H19NO3. The molecular weight excluding hydrogens is 266 g/mol. The first kappa shape index (κ1) is 13.9. The molecule has 1 atom stereocenters. The van der Waals surface area contributed by atoms with Crippen molar-refractivity contribution in [3.63, 3.8) is 0 Å². The van der Waals surface area contributed by atoms with Crippen LogP contribution in [0.4, 0.5) is 0 Å². The van der Waals surface area contributed by atoms with E-state index >= 15 is 0 Å². The van der Waals surface area contributed by atoms with Crippen molar-refractivity contribution in [3.05, 3.63) is 47.7 Å². The molecule has 1 unspecified atom stereocenters. The summed E-state index contributed by atoms with van der Waals surface area (Å²) in [4.78, 5) is 15.4. The highest BCUT2D eigenvalue weighted by Gasteiger charge is 2.23. The molecule has 0 radical (unpaired) electrons. The van der Waals surface area contributed by atoms with E-state index in [1.165, 1.54) is 30.9 Å².